The maximum absolute atomic E-state index is 13.3. The Labute approximate surface area is 107 Å². The summed E-state index contributed by atoms with van der Waals surface area (Å²) < 4.78 is 13.3. The molecule has 0 radical (unpaired) electrons. The minimum atomic E-state index is -0.205. The summed E-state index contributed by atoms with van der Waals surface area (Å²) in [5.74, 6) is 0.590. The Morgan fingerprint density at radius 3 is 2.88 bits per heavy atom. The zero-order valence-corrected chi connectivity index (χ0v) is 10.9. The predicted octanol–water partition coefficient (Wildman–Crippen LogP) is 4.32. The van der Waals surface area contributed by atoms with Gasteiger partial charge in [-0.1, -0.05) is 31.4 Å². The monoisotopic (exact) mass is 255 g/mol. The Hall–Kier alpha value is -0.600. The highest BCUT2D eigenvalue weighted by Gasteiger charge is 2.27. The Morgan fingerprint density at radius 2 is 2.24 bits per heavy atom. The summed E-state index contributed by atoms with van der Waals surface area (Å²) in [6, 6.07) is 4.84. The maximum atomic E-state index is 13.3. The second-order valence-corrected chi connectivity index (χ2v) is 5.26. The lowest BCUT2D eigenvalue weighted by atomic mass is 10.0. The first kappa shape index (κ1) is 12.8. The molecule has 1 aliphatic rings. The van der Waals surface area contributed by atoms with Crippen LogP contribution in [0.15, 0.2) is 18.2 Å². The minimum absolute atomic E-state index is 0.200. The van der Waals surface area contributed by atoms with Crippen molar-refractivity contribution in [1.29, 1.82) is 0 Å². The van der Waals surface area contributed by atoms with Gasteiger partial charge >= 0.3 is 0 Å². The van der Waals surface area contributed by atoms with Crippen molar-refractivity contribution in [1.82, 2.24) is 5.32 Å². The van der Waals surface area contributed by atoms with Gasteiger partial charge in [0.05, 0.1) is 0 Å². The van der Waals surface area contributed by atoms with Crippen LogP contribution in [0.25, 0.3) is 0 Å². The third kappa shape index (κ3) is 3.68. The molecule has 2 rings (SSSR count). The molecule has 0 bridgehead atoms. The van der Waals surface area contributed by atoms with Crippen LogP contribution in [0.5, 0.6) is 0 Å². The van der Waals surface area contributed by atoms with E-state index in [1.807, 2.05) is 0 Å². The third-order valence-corrected chi connectivity index (χ3v) is 3.58. The summed E-state index contributed by atoms with van der Waals surface area (Å²) >= 11 is 6.17. The van der Waals surface area contributed by atoms with Crippen molar-refractivity contribution in [3.05, 3.63) is 34.6 Å². The molecule has 1 aliphatic carbocycles. The minimum Gasteiger partial charge on any atom is -0.310 e. The van der Waals surface area contributed by atoms with Gasteiger partial charge in [0.1, 0.15) is 5.82 Å². The fraction of sp³-hybridized carbons (Fsp3) is 0.571. The SMILES string of the molecule is CCCNC(CC1CC1)c1cc(F)ccc1Cl. The molecule has 0 spiro atoms. The first-order valence-corrected chi connectivity index (χ1v) is 6.76. The smallest absolute Gasteiger partial charge is 0.123 e. The van der Waals surface area contributed by atoms with Crippen molar-refractivity contribution in [3.63, 3.8) is 0 Å². The van der Waals surface area contributed by atoms with Gasteiger partial charge in [-0.15, -0.1) is 0 Å². The lowest BCUT2D eigenvalue weighted by Crippen LogP contribution is -2.23. The van der Waals surface area contributed by atoms with E-state index in [1.54, 1.807) is 12.1 Å². The molecule has 1 nitrogen and oxygen atoms in total. The Morgan fingerprint density at radius 1 is 1.47 bits per heavy atom. The van der Waals surface area contributed by atoms with E-state index < -0.39 is 0 Å². The average molecular weight is 256 g/mol. The van der Waals surface area contributed by atoms with Crippen LogP contribution in [-0.4, -0.2) is 6.54 Å². The van der Waals surface area contributed by atoms with Crippen molar-refractivity contribution in [3.8, 4) is 0 Å². The highest BCUT2D eigenvalue weighted by molar-refractivity contribution is 6.31. The van der Waals surface area contributed by atoms with Crippen LogP contribution < -0.4 is 5.32 Å². The van der Waals surface area contributed by atoms with Crippen molar-refractivity contribution in [2.45, 2.75) is 38.6 Å². The number of hydrogen-bond donors (Lipinski definition) is 1. The zero-order chi connectivity index (χ0) is 12.3. The molecule has 1 saturated carbocycles. The molecule has 0 amide bonds. The van der Waals surface area contributed by atoms with Gasteiger partial charge in [0, 0.05) is 11.1 Å². The number of benzene rings is 1. The molecule has 0 saturated heterocycles. The summed E-state index contributed by atoms with van der Waals surface area (Å²) in [5, 5.41) is 4.14. The van der Waals surface area contributed by atoms with Gasteiger partial charge in [0.15, 0.2) is 0 Å². The Balaban J connectivity index is 2.13. The predicted molar refractivity (Wildman–Crippen MR) is 69.8 cm³/mol. The van der Waals surface area contributed by atoms with Crippen LogP contribution in [0.3, 0.4) is 0 Å². The molecule has 3 heteroatoms. The standard InChI is InChI=1S/C14H19ClFN/c1-2-7-17-14(8-10-3-4-10)12-9-11(16)5-6-13(12)15/h5-6,9-10,14,17H,2-4,7-8H2,1H3. The fourth-order valence-electron chi connectivity index (χ4n) is 2.11. The lowest BCUT2D eigenvalue weighted by molar-refractivity contribution is 0.471. The molecule has 1 N–H and O–H groups in total. The largest absolute Gasteiger partial charge is 0.310 e. The molecule has 1 atom stereocenters. The van der Waals surface area contributed by atoms with Crippen LogP contribution in [0.4, 0.5) is 4.39 Å². The van der Waals surface area contributed by atoms with Crippen molar-refractivity contribution in [2.75, 3.05) is 6.54 Å². The Bertz CT molecular complexity index is 376. The van der Waals surface area contributed by atoms with E-state index in [0.29, 0.717) is 5.02 Å². The van der Waals surface area contributed by atoms with E-state index in [2.05, 4.69) is 12.2 Å². The molecular formula is C14H19ClFN. The number of nitrogens with one attached hydrogen (secondary N) is 1. The molecular weight excluding hydrogens is 237 g/mol. The summed E-state index contributed by atoms with van der Waals surface area (Å²) in [6.45, 7) is 3.08. The third-order valence-electron chi connectivity index (χ3n) is 3.24. The topological polar surface area (TPSA) is 12.0 Å². The van der Waals surface area contributed by atoms with E-state index in [4.69, 9.17) is 11.6 Å². The maximum Gasteiger partial charge on any atom is 0.123 e. The van der Waals surface area contributed by atoms with Crippen LogP contribution in [0, 0.1) is 11.7 Å². The number of rotatable bonds is 6. The first-order chi connectivity index (χ1) is 8.20. The fourth-order valence-corrected chi connectivity index (χ4v) is 2.36. The molecule has 94 valence electrons. The van der Waals surface area contributed by atoms with E-state index in [-0.39, 0.29) is 11.9 Å². The molecule has 0 aliphatic heterocycles. The highest BCUT2D eigenvalue weighted by atomic mass is 35.5. The van der Waals surface area contributed by atoms with Crippen LogP contribution in [-0.2, 0) is 0 Å². The molecule has 17 heavy (non-hydrogen) atoms. The summed E-state index contributed by atoms with van der Waals surface area (Å²) in [7, 11) is 0. The summed E-state index contributed by atoms with van der Waals surface area (Å²) in [6.07, 6.45) is 4.76. The second-order valence-electron chi connectivity index (χ2n) is 4.85. The molecule has 1 fully saturated rings. The van der Waals surface area contributed by atoms with Crippen molar-refractivity contribution < 1.29 is 4.39 Å². The van der Waals surface area contributed by atoms with Gasteiger partial charge in [0.25, 0.3) is 0 Å². The summed E-state index contributed by atoms with van der Waals surface area (Å²) in [5.41, 5.74) is 0.909. The first-order valence-electron chi connectivity index (χ1n) is 6.39. The Kier molecular flexibility index (Phi) is 4.41. The van der Waals surface area contributed by atoms with E-state index in [1.165, 1.54) is 18.9 Å². The second kappa shape index (κ2) is 5.83. The van der Waals surface area contributed by atoms with E-state index in [9.17, 15) is 4.39 Å². The van der Waals surface area contributed by atoms with Crippen LogP contribution >= 0.6 is 11.6 Å². The van der Waals surface area contributed by atoms with Crippen LogP contribution in [0.2, 0.25) is 5.02 Å². The van der Waals surface area contributed by atoms with Gasteiger partial charge in [-0.2, -0.15) is 0 Å². The number of hydrogen-bond acceptors (Lipinski definition) is 1. The van der Waals surface area contributed by atoms with Gasteiger partial charge in [0.2, 0.25) is 0 Å². The van der Waals surface area contributed by atoms with Crippen molar-refractivity contribution >= 4 is 11.6 Å². The van der Waals surface area contributed by atoms with Gasteiger partial charge in [-0.25, -0.2) is 4.39 Å². The molecule has 1 unspecified atom stereocenters. The summed E-state index contributed by atoms with van der Waals surface area (Å²) in [4.78, 5) is 0. The number of halogens is 2. The quantitative estimate of drug-likeness (QED) is 0.798. The molecule has 1 aromatic rings. The molecule has 1 aromatic carbocycles. The lowest BCUT2D eigenvalue weighted by Gasteiger charge is -2.20. The molecule has 0 aromatic heterocycles. The zero-order valence-electron chi connectivity index (χ0n) is 10.2. The molecule has 0 heterocycles. The van der Waals surface area contributed by atoms with Crippen molar-refractivity contribution in [2.24, 2.45) is 5.92 Å². The van der Waals surface area contributed by atoms with Crippen LogP contribution in [0.1, 0.15) is 44.2 Å². The normalized spacial score (nSPS) is 17.1. The average Bonchev–Trinajstić information content (AvgIpc) is 3.11. The van der Waals surface area contributed by atoms with E-state index in [0.717, 1.165) is 30.9 Å². The van der Waals surface area contributed by atoms with E-state index >= 15 is 0 Å². The van der Waals surface area contributed by atoms with Gasteiger partial charge < -0.3 is 5.32 Å². The van der Waals surface area contributed by atoms with Gasteiger partial charge in [-0.05, 0) is 49.1 Å². The highest BCUT2D eigenvalue weighted by Crippen LogP contribution is 2.39. The van der Waals surface area contributed by atoms with Gasteiger partial charge in [-0.3, -0.25) is 0 Å².